The molecule has 0 heterocycles. The van der Waals surface area contributed by atoms with Gasteiger partial charge in [-0.25, -0.2) is 4.79 Å². The lowest BCUT2D eigenvalue weighted by atomic mass is 10.1. The number of Topliss-reactive ketones (excluding diaryl/α,β-unsaturated/α-hetero) is 1. The van der Waals surface area contributed by atoms with Crippen LogP contribution in [0.5, 0.6) is 5.75 Å². The molecular weight excluding hydrogens is 196 g/mol. The van der Waals surface area contributed by atoms with E-state index in [1.165, 1.54) is 33.3 Å². The monoisotopic (exact) mass is 208 g/mol. The zero-order chi connectivity index (χ0) is 11.4. The van der Waals surface area contributed by atoms with Gasteiger partial charge in [-0.1, -0.05) is 0 Å². The maximum atomic E-state index is 11.2. The van der Waals surface area contributed by atoms with E-state index in [2.05, 4.69) is 4.74 Å². The fourth-order valence-corrected chi connectivity index (χ4v) is 1.23. The third kappa shape index (κ3) is 2.34. The third-order valence-electron chi connectivity index (χ3n) is 2.00. The van der Waals surface area contributed by atoms with Crippen LogP contribution in [-0.4, -0.2) is 26.0 Å². The van der Waals surface area contributed by atoms with Gasteiger partial charge < -0.3 is 9.47 Å². The van der Waals surface area contributed by atoms with E-state index in [9.17, 15) is 9.59 Å². The van der Waals surface area contributed by atoms with Crippen molar-refractivity contribution in [3.8, 4) is 5.75 Å². The largest absolute Gasteiger partial charge is 0.496 e. The minimum Gasteiger partial charge on any atom is -0.496 e. The minimum atomic E-state index is -0.455. The van der Waals surface area contributed by atoms with Gasteiger partial charge in [-0.3, -0.25) is 4.79 Å². The lowest BCUT2D eigenvalue weighted by molar-refractivity contribution is 0.0600. The lowest BCUT2D eigenvalue weighted by Crippen LogP contribution is -2.04. The SMILES string of the molecule is COC(=O)c1ccc(C(C)=O)c(OC)c1. The Kier molecular flexibility index (Phi) is 3.44. The molecule has 0 atom stereocenters. The number of ether oxygens (including phenoxy) is 2. The molecule has 15 heavy (non-hydrogen) atoms. The highest BCUT2D eigenvalue weighted by atomic mass is 16.5. The fraction of sp³-hybridized carbons (Fsp3) is 0.273. The van der Waals surface area contributed by atoms with Gasteiger partial charge in [0.2, 0.25) is 0 Å². The molecule has 0 aliphatic heterocycles. The second-order valence-electron chi connectivity index (χ2n) is 2.96. The van der Waals surface area contributed by atoms with Crippen molar-refractivity contribution in [3.05, 3.63) is 29.3 Å². The lowest BCUT2D eigenvalue weighted by Gasteiger charge is -2.07. The molecular formula is C11H12O4. The second kappa shape index (κ2) is 4.59. The summed E-state index contributed by atoms with van der Waals surface area (Å²) in [6.45, 7) is 1.44. The fourth-order valence-electron chi connectivity index (χ4n) is 1.23. The van der Waals surface area contributed by atoms with E-state index in [4.69, 9.17) is 4.74 Å². The Morgan fingerprint density at radius 1 is 1.20 bits per heavy atom. The molecule has 0 fully saturated rings. The van der Waals surface area contributed by atoms with Gasteiger partial charge in [0.05, 0.1) is 25.3 Å². The molecule has 80 valence electrons. The number of carbonyl (C=O) groups excluding carboxylic acids is 2. The van der Waals surface area contributed by atoms with Crippen molar-refractivity contribution in [2.75, 3.05) is 14.2 Å². The van der Waals surface area contributed by atoms with Gasteiger partial charge in [0.25, 0.3) is 0 Å². The van der Waals surface area contributed by atoms with Crippen molar-refractivity contribution in [3.63, 3.8) is 0 Å². The normalized spacial score (nSPS) is 9.53. The first-order valence-corrected chi connectivity index (χ1v) is 4.37. The molecule has 1 aromatic carbocycles. The molecule has 1 rings (SSSR count). The summed E-state index contributed by atoms with van der Waals surface area (Å²) in [5.41, 5.74) is 0.810. The first-order chi connectivity index (χ1) is 7.10. The topological polar surface area (TPSA) is 52.6 Å². The molecule has 0 spiro atoms. The molecule has 0 aliphatic rings. The summed E-state index contributed by atoms with van der Waals surface area (Å²) in [6.07, 6.45) is 0. The molecule has 0 radical (unpaired) electrons. The second-order valence-corrected chi connectivity index (χ2v) is 2.96. The summed E-state index contributed by atoms with van der Waals surface area (Å²) < 4.78 is 9.57. The average molecular weight is 208 g/mol. The number of hydrogen-bond donors (Lipinski definition) is 0. The van der Waals surface area contributed by atoms with Crippen molar-refractivity contribution >= 4 is 11.8 Å². The molecule has 0 saturated carbocycles. The predicted octanol–water partition coefficient (Wildman–Crippen LogP) is 1.68. The van der Waals surface area contributed by atoms with Crippen LogP contribution >= 0.6 is 0 Å². The van der Waals surface area contributed by atoms with Gasteiger partial charge >= 0.3 is 5.97 Å². The molecule has 0 aromatic heterocycles. The Bertz CT molecular complexity index is 396. The van der Waals surface area contributed by atoms with Crippen molar-refractivity contribution in [1.82, 2.24) is 0 Å². The highest BCUT2D eigenvalue weighted by Crippen LogP contribution is 2.21. The predicted molar refractivity (Wildman–Crippen MR) is 54.3 cm³/mol. The zero-order valence-electron chi connectivity index (χ0n) is 8.87. The van der Waals surface area contributed by atoms with Gasteiger partial charge in [-0.2, -0.15) is 0 Å². The van der Waals surface area contributed by atoms with Gasteiger partial charge in [0.15, 0.2) is 5.78 Å². The van der Waals surface area contributed by atoms with Crippen LogP contribution in [0.15, 0.2) is 18.2 Å². The molecule has 0 amide bonds. The van der Waals surface area contributed by atoms with Crippen molar-refractivity contribution in [2.45, 2.75) is 6.92 Å². The van der Waals surface area contributed by atoms with Crippen LogP contribution in [0.2, 0.25) is 0 Å². The maximum absolute atomic E-state index is 11.2. The van der Waals surface area contributed by atoms with E-state index in [0.29, 0.717) is 16.9 Å². The van der Waals surface area contributed by atoms with E-state index < -0.39 is 5.97 Å². The van der Waals surface area contributed by atoms with Gasteiger partial charge in [0, 0.05) is 0 Å². The Morgan fingerprint density at radius 2 is 1.87 bits per heavy atom. The van der Waals surface area contributed by atoms with Crippen LogP contribution in [0, 0.1) is 0 Å². The first kappa shape index (κ1) is 11.2. The first-order valence-electron chi connectivity index (χ1n) is 4.37. The third-order valence-corrected chi connectivity index (χ3v) is 2.00. The van der Waals surface area contributed by atoms with E-state index in [1.54, 1.807) is 6.07 Å². The van der Waals surface area contributed by atoms with E-state index in [-0.39, 0.29) is 5.78 Å². The summed E-state index contributed by atoms with van der Waals surface area (Å²) in [4.78, 5) is 22.4. The standard InChI is InChI=1S/C11H12O4/c1-7(12)9-5-4-8(11(13)15-3)6-10(9)14-2/h4-6H,1-3H3. The minimum absolute atomic E-state index is 0.108. The molecule has 1 aromatic rings. The quantitative estimate of drug-likeness (QED) is 0.560. The Balaban J connectivity index is 3.19. The van der Waals surface area contributed by atoms with Crippen LogP contribution in [0.3, 0.4) is 0 Å². The number of methoxy groups -OCH3 is 2. The van der Waals surface area contributed by atoms with E-state index >= 15 is 0 Å². The number of rotatable bonds is 3. The number of hydrogen-bond acceptors (Lipinski definition) is 4. The smallest absolute Gasteiger partial charge is 0.337 e. The Morgan fingerprint density at radius 3 is 2.33 bits per heavy atom. The van der Waals surface area contributed by atoms with Gasteiger partial charge in [0.1, 0.15) is 5.75 Å². The molecule has 0 bridgehead atoms. The summed E-state index contributed by atoms with van der Waals surface area (Å²) in [6, 6.07) is 4.57. The number of ketones is 1. The summed E-state index contributed by atoms with van der Waals surface area (Å²) >= 11 is 0. The number of carbonyl (C=O) groups is 2. The van der Waals surface area contributed by atoms with Crippen LogP contribution < -0.4 is 4.74 Å². The summed E-state index contributed by atoms with van der Waals surface area (Å²) in [5, 5.41) is 0. The zero-order valence-corrected chi connectivity index (χ0v) is 8.87. The van der Waals surface area contributed by atoms with Crippen LogP contribution in [0.4, 0.5) is 0 Å². The maximum Gasteiger partial charge on any atom is 0.337 e. The number of esters is 1. The highest BCUT2D eigenvalue weighted by molar-refractivity contribution is 5.98. The van der Waals surface area contributed by atoms with Gasteiger partial charge in [-0.05, 0) is 25.1 Å². The van der Waals surface area contributed by atoms with Crippen molar-refractivity contribution in [1.29, 1.82) is 0 Å². The summed E-state index contributed by atoms with van der Waals surface area (Å²) in [5.74, 6) is -0.183. The highest BCUT2D eigenvalue weighted by Gasteiger charge is 2.12. The van der Waals surface area contributed by atoms with Gasteiger partial charge in [-0.15, -0.1) is 0 Å². The molecule has 4 nitrogen and oxygen atoms in total. The molecule has 0 N–H and O–H groups in total. The Labute approximate surface area is 87.8 Å². The van der Waals surface area contributed by atoms with E-state index in [1.807, 2.05) is 0 Å². The Hall–Kier alpha value is -1.84. The van der Waals surface area contributed by atoms with Crippen LogP contribution in [0.1, 0.15) is 27.6 Å². The van der Waals surface area contributed by atoms with Crippen molar-refractivity contribution < 1.29 is 19.1 Å². The van der Waals surface area contributed by atoms with Crippen LogP contribution in [0.25, 0.3) is 0 Å². The van der Waals surface area contributed by atoms with E-state index in [0.717, 1.165) is 0 Å². The molecule has 0 saturated heterocycles. The molecule has 4 heteroatoms. The average Bonchev–Trinajstić information content (AvgIpc) is 2.26. The molecule has 0 unspecified atom stereocenters. The van der Waals surface area contributed by atoms with Crippen molar-refractivity contribution in [2.24, 2.45) is 0 Å². The summed E-state index contributed by atoms with van der Waals surface area (Å²) in [7, 11) is 2.75. The number of benzene rings is 1. The van der Waals surface area contributed by atoms with Crippen LogP contribution in [-0.2, 0) is 4.74 Å². The molecule has 0 aliphatic carbocycles.